The third-order valence-electron chi connectivity index (χ3n) is 4.16. The molecule has 0 fully saturated rings. The molecule has 0 atom stereocenters. The number of hydrazone groups is 1. The molecule has 1 amide bonds. The van der Waals surface area contributed by atoms with Gasteiger partial charge in [0.15, 0.2) is 0 Å². The summed E-state index contributed by atoms with van der Waals surface area (Å²) < 4.78 is 0. The molecule has 4 rings (SSSR count). The molecule has 136 valence electrons. The van der Waals surface area contributed by atoms with Crippen LogP contribution >= 0.6 is 0 Å². The van der Waals surface area contributed by atoms with E-state index in [-0.39, 0.29) is 5.91 Å². The summed E-state index contributed by atoms with van der Waals surface area (Å²) in [4.78, 5) is 20.5. The third kappa shape index (κ3) is 4.02. The van der Waals surface area contributed by atoms with E-state index in [9.17, 15) is 4.79 Å². The number of aromatic nitrogens is 2. The number of para-hydroxylation sites is 1. The quantitative estimate of drug-likeness (QED) is 0.410. The second-order valence-electron chi connectivity index (χ2n) is 6.06. The molecule has 2 N–H and O–H groups in total. The fraction of sp³-hybridized carbons (Fsp3) is 0. The number of anilines is 2. The zero-order chi connectivity index (χ0) is 19.2. The zero-order valence-electron chi connectivity index (χ0n) is 14.9. The molecule has 28 heavy (non-hydrogen) atoms. The molecule has 0 aliphatic rings. The first kappa shape index (κ1) is 17.4. The molecular weight excluding hydrogens is 350 g/mol. The average Bonchev–Trinajstić information content (AvgIpc) is 2.75. The van der Waals surface area contributed by atoms with Gasteiger partial charge in [0, 0.05) is 40.9 Å². The summed E-state index contributed by atoms with van der Waals surface area (Å²) in [5.41, 5.74) is 6.68. The van der Waals surface area contributed by atoms with Gasteiger partial charge >= 0.3 is 0 Å². The van der Waals surface area contributed by atoms with Crippen LogP contribution in [-0.2, 0) is 0 Å². The summed E-state index contributed by atoms with van der Waals surface area (Å²) in [5.74, 6) is -0.272. The van der Waals surface area contributed by atoms with Crippen LogP contribution < -0.4 is 10.7 Å². The number of nitrogens with one attached hydrogen (secondary N) is 2. The summed E-state index contributed by atoms with van der Waals surface area (Å²) in [7, 11) is 0. The van der Waals surface area contributed by atoms with Crippen molar-refractivity contribution >= 4 is 34.4 Å². The second kappa shape index (κ2) is 8.09. The van der Waals surface area contributed by atoms with Crippen molar-refractivity contribution in [3.8, 4) is 0 Å². The predicted octanol–water partition coefficient (Wildman–Crippen LogP) is 4.14. The minimum atomic E-state index is -0.272. The number of amides is 1. The number of fused-ring (bicyclic) bond motifs is 1. The minimum absolute atomic E-state index is 0.272. The first-order chi connectivity index (χ1) is 13.8. The van der Waals surface area contributed by atoms with E-state index >= 15 is 0 Å². The molecule has 0 saturated heterocycles. The third-order valence-corrected chi connectivity index (χ3v) is 4.16. The normalized spacial score (nSPS) is 10.9. The molecule has 0 unspecified atom stereocenters. The van der Waals surface area contributed by atoms with Crippen molar-refractivity contribution in [3.05, 3.63) is 96.4 Å². The van der Waals surface area contributed by atoms with Crippen molar-refractivity contribution < 1.29 is 4.79 Å². The van der Waals surface area contributed by atoms with Gasteiger partial charge in [-0.1, -0.05) is 18.2 Å². The van der Waals surface area contributed by atoms with Gasteiger partial charge in [0.05, 0.1) is 11.7 Å². The lowest BCUT2D eigenvalue weighted by molar-refractivity contribution is 0.0955. The standard InChI is InChI=1S/C22H17N5O/c28-22(27-25-15-16-9-12-23-13-10-16)17-5-7-18(8-6-17)26-21-11-14-24-20-4-2-1-3-19(20)21/h1-15H,(H,24,26)(H,27,28)/b25-15+. The largest absolute Gasteiger partial charge is 0.355 e. The van der Waals surface area contributed by atoms with Crippen molar-refractivity contribution in [2.45, 2.75) is 0 Å². The highest BCUT2D eigenvalue weighted by Gasteiger charge is 2.05. The highest BCUT2D eigenvalue weighted by atomic mass is 16.2. The Morgan fingerprint density at radius 1 is 0.893 bits per heavy atom. The van der Waals surface area contributed by atoms with Gasteiger partial charge in [0.2, 0.25) is 0 Å². The van der Waals surface area contributed by atoms with Gasteiger partial charge in [-0.25, -0.2) is 5.43 Å². The summed E-state index contributed by atoms with van der Waals surface area (Å²) in [5, 5.41) is 8.38. The lowest BCUT2D eigenvalue weighted by Crippen LogP contribution is -2.17. The lowest BCUT2D eigenvalue weighted by atomic mass is 10.1. The van der Waals surface area contributed by atoms with Crippen LogP contribution in [0.25, 0.3) is 10.9 Å². The van der Waals surface area contributed by atoms with Gasteiger partial charge < -0.3 is 5.32 Å². The molecule has 0 aliphatic carbocycles. The van der Waals surface area contributed by atoms with Crippen LogP contribution in [0.15, 0.2) is 90.4 Å². The summed E-state index contributed by atoms with van der Waals surface area (Å²) >= 11 is 0. The Hall–Kier alpha value is -4.06. The van der Waals surface area contributed by atoms with Gasteiger partial charge in [-0.15, -0.1) is 0 Å². The predicted molar refractivity (Wildman–Crippen MR) is 111 cm³/mol. The molecule has 2 aromatic heterocycles. The van der Waals surface area contributed by atoms with Crippen LogP contribution in [0.5, 0.6) is 0 Å². The molecular formula is C22H17N5O. The maximum absolute atomic E-state index is 12.2. The van der Waals surface area contributed by atoms with Crippen LogP contribution in [0.1, 0.15) is 15.9 Å². The van der Waals surface area contributed by atoms with Gasteiger partial charge in [-0.3, -0.25) is 14.8 Å². The second-order valence-corrected chi connectivity index (χ2v) is 6.06. The van der Waals surface area contributed by atoms with Crippen LogP contribution in [0, 0.1) is 0 Å². The topological polar surface area (TPSA) is 79.3 Å². The van der Waals surface area contributed by atoms with E-state index in [1.165, 1.54) is 0 Å². The summed E-state index contributed by atoms with van der Waals surface area (Å²) in [6.07, 6.45) is 6.68. The Morgan fingerprint density at radius 3 is 2.50 bits per heavy atom. The van der Waals surface area contributed by atoms with E-state index in [0.29, 0.717) is 5.56 Å². The van der Waals surface area contributed by atoms with E-state index in [2.05, 4.69) is 25.8 Å². The molecule has 0 aliphatic heterocycles. The van der Waals surface area contributed by atoms with Gasteiger partial charge in [0.1, 0.15) is 0 Å². The molecule has 0 spiro atoms. The van der Waals surface area contributed by atoms with Gasteiger partial charge in [-0.2, -0.15) is 5.10 Å². The Balaban J connectivity index is 1.43. The summed E-state index contributed by atoms with van der Waals surface area (Å²) in [6, 6.07) is 20.7. The summed E-state index contributed by atoms with van der Waals surface area (Å²) in [6.45, 7) is 0. The maximum atomic E-state index is 12.2. The monoisotopic (exact) mass is 367 g/mol. The SMILES string of the molecule is O=C(N/N=C/c1ccncc1)c1ccc(Nc2ccnc3ccccc23)cc1. The van der Waals surface area contributed by atoms with Crippen molar-refractivity contribution in [2.75, 3.05) is 5.32 Å². The lowest BCUT2D eigenvalue weighted by Gasteiger charge is -2.10. The molecule has 6 heteroatoms. The average molecular weight is 367 g/mol. The molecule has 0 bridgehead atoms. The number of hydrogen-bond acceptors (Lipinski definition) is 5. The van der Waals surface area contributed by atoms with E-state index in [4.69, 9.17) is 0 Å². The Bertz CT molecular complexity index is 1120. The Morgan fingerprint density at radius 2 is 1.68 bits per heavy atom. The van der Waals surface area contributed by atoms with Crippen molar-refractivity contribution in [3.63, 3.8) is 0 Å². The minimum Gasteiger partial charge on any atom is -0.355 e. The molecule has 4 aromatic rings. The van der Waals surface area contributed by atoms with Gasteiger partial charge in [0.25, 0.3) is 5.91 Å². The van der Waals surface area contributed by atoms with Gasteiger partial charge in [-0.05, 0) is 54.1 Å². The number of carbonyl (C=O) groups excluding carboxylic acids is 1. The van der Waals surface area contributed by atoms with Crippen molar-refractivity contribution in [2.24, 2.45) is 5.10 Å². The highest BCUT2D eigenvalue weighted by Crippen LogP contribution is 2.24. The number of rotatable bonds is 5. The van der Waals surface area contributed by atoms with Crippen LogP contribution in [-0.4, -0.2) is 22.1 Å². The van der Waals surface area contributed by atoms with Crippen LogP contribution in [0.3, 0.4) is 0 Å². The smallest absolute Gasteiger partial charge is 0.271 e. The number of carbonyl (C=O) groups is 1. The van der Waals surface area contributed by atoms with E-state index in [0.717, 1.165) is 27.8 Å². The van der Waals surface area contributed by atoms with E-state index < -0.39 is 0 Å². The Labute approximate surface area is 162 Å². The van der Waals surface area contributed by atoms with Crippen LogP contribution in [0.4, 0.5) is 11.4 Å². The first-order valence-electron chi connectivity index (χ1n) is 8.74. The fourth-order valence-corrected chi connectivity index (χ4v) is 2.74. The number of benzene rings is 2. The highest BCUT2D eigenvalue weighted by molar-refractivity contribution is 5.96. The number of pyridine rings is 2. The first-order valence-corrected chi connectivity index (χ1v) is 8.74. The fourth-order valence-electron chi connectivity index (χ4n) is 2.74. The van der Waals surface area contributed by atoms with E-state index in [1.54, 1.807) is 49.1 Å². The Kier molecular flexibility index (Phi) is 5.02. The molecule has 0 radical (unpaired) electrons. The van der Waals surface area contributed by atoms with Crippen molar-refractivity contribution in [1.29, 1.82) is 0 Å². The molecule has 2 heterocycles. The number of hydrogen-bond donors (Lipinski definition) is 2. The van der Waals surface area contributed by atoms with Crippen LogP contribution in [0.2, 0.25) is 0 Å². The number of nitrogens with zero attached hydrogens (tertiary/aromatic N) is 3. The van der Waals surface area contributed by atoms with E-state index in [1.807, 2.05) is 42.5 Å². The molecule has 0 saturated carbocycles. The maximum Gasteiger partial charge on any atom is 0.271 e. The zero-order valence-corrected chi connectivity index (χ0v) is 14.9. The molecule has 2 aromatic carbocycles. The molecule has 6 nitrogen and oxygen atoms in total. The van der Waals surface area contributed by atoms with Crippen molar-refractivity contribution in [1.82, 2.24) is 15.4 Å².